The molecule has 0 radical (unpaired) electrons. The van der Waals surface area contributed by atoms with Gasteiger partial charge >= 0.3 is 0 Å². The highest BCUT2D eigenvalue weighted by Crippen LogP contribution is 2.15. The number of carbonyl (C=O) groups excluding carboxylic acids is 2. The zero-order valence-electron chi connectivity index (χ0n) is 13.0. The quantitative estimate of drug-likeness (QED) is 0.705. The first-order valence-electron chi connectivity index (χ1n) is 7.42. The van der Waals surface area contributed by atoms with Gasteiger partial charge in [0, 0.05) is 29.1 Å². The van der Waals surface area contributed by atoms with E-state index in [-0.39, 0.29) is 23.3 Å². The van der Waals surface area contributed by atoms with Crippen molar-refractivity contribution in [2.24, 2.45) is 0 Å². The number of amides is 2. The lowest BCUT2D eigenvalue weighted by Gasteiger charge is -2.06. The number of halogens is 1. The summed E-state index contributed by atoms with van der Waals surface area (Å²) in [5, 5.41) is 5.63. The molecular weight excluding hydrogens is 390 g/mol. The molecule has 0 saturated heterocycles. The molecule has 2 rings (SSSR count). The minimum Gasteiger partial charge on any atom is -0.355 e. The molecule has 7 heteroatoms. The third-order valence-electron chi connectivity index (χ3n) is 3.03. The van der Waals surface area contributed by atoms with Crippen LogP contribution < -0.4 is 10.6 Å². The minimum absolute atomic E-state index is 0.0702. The van der Waals surface area contributed by atoms with Crippen molar-refractivity contribution in [3.8, 4) is 0 Å². The summed E-state index contributed by atoms with van der Waals surface area (Å²) in [6, 6.07) is 11.2. The maximum atomic E-state index is 11.8. The number of nitrogens with zero attached hydrogens (tertiary/aromatic N) is 1. The van der Waals surface area contributed by atoms with Crippen LogP contribution in [-0.2, 0) is 16.0 Å². The number of anilines is 1. The molecule has 0 fully saturated rings. The Morgan fingerprint density at radius 1 is 1.12 bits per heavy atom. The van der Waals surface area contributed by atoms with Crippen molar-refractivity contribution in [1.29, 1.82) is 0 Å². The predicted molar refractivity (Wildman–Crippen MR) is 101 cm³/mol. The number of rotatable bonds is 8. The summed E-state index contributed by atoms with van der Waals surface area (Å²) < 4.78 is 0.904. The molecule has 0 bridgehead atoms. The van der Waals surface area contributed by atoms with E-state index in [0.717, 1.165) is 22.1 Å². The van der Waals surface area contributed by atoms with Gasteiger partial charge in [0.1, 0.15) is 0 Å². The molecule has 0 spiro atoms. The molecular formula is C17H18BrN3O2S. The summed E-state index contributed by atoms with van der Waals surface area (Å²) in [6.07, 6.45) is 4.25. The number of hydrogen-bond donors (Lipinski definition) is 2. The van der Waals surface area contributed by atoms with E-state index in [1.807, 2.05) is 36.4 Å². The lowest BCUT2D eigenvalue weighted by molar-refractivity contribution is -0.118. The number of aromatic nitrogens is 1. The van der Waals surface area contributed by atoms with Crippen molar-refractivity contribution in [3.63, 3.8) is 0 Å². The van der Waals surface area contributed by atoms with E-state index < -0.39 is 0 Å². The van der Waals surface area contributed by atoms with E-state index >= 15 is 0 Å². The maximum Gasteiger partial charge on any atom is 0.234 e. The Bertz CT molecular complexity index is 683. The Labute approximate surface area is 153 Å². The zero-order valence-corrected chi connectivity index (χ0v) is 15.4. The van der Waals surface area contributed by atoms with Gasteiger partial charge in [0.05, 0.1) is 11.5 Å². The van der Waals surface area contributed by atoms with Gasteiger partial charge in [-0.3, -0.25) is 14.6 Å². The van der Waals surface area contributed by atoms with Gasteiger partial charge in [-0.2, -0.15) is 0 Å². The maximum absolute atomic E-state index is 11.8. The predicted octanol–water partition coefficient (Wildman–Crippen LogP) is 2.87. The lowest BCUT2D eigenvalue weighted by Crippen LogP contribution is -2.28. The summed E-state index contributed by atoms with van der Waals surface area (Å²) in [4.78, 5) is 27.6. The first kappa shape index (κ1) is 18.5. The second-order valence-electron chi connectivity index (χ2n) is 5.01. The van der Waals surface area contributed by atoms with Crippen LogP contribution in [0.5, 0.6) is 0 Å². The largest absolute Gasteiger partial charge is 0.355 e. The van der Waals surface area contributed by atoms with Crippen LogP contribution in [0.1, 0.15) is 5.56 Å². The third-order valence-corrected chi connectivity index (χ3v) is 4.46. The van der Waals surface area contributed by atoms with Crippen LogP contribution in [0.15, 0.2) is 53.3 Å². The number of hydrogen-bond acceptors (Lipinski definition) is 4. The van der Waals surface area contributed by atoms with Gasteiger partial charge < -0.3 is 10.6 Å². The number of thioether (sulfide) groups is 1. The number of nitrogens with one attached hydrogen (secondary N) is 2. The minimum atomic E-state index is -0.124. The molecule has 0 aliphatic rings. The summed E-state index contributed by atoms with van der Waals surface area (Å²) >= 11 is 4.64. The topological polar surface area (TPSA) is 71.1 Å². The van der Waals surface area contributed by atoms with Crippen LogP contribution in [0.25, 0.3) is 0 Å². The van der Waals surface area contributed by atoms with Crippen molar-refractivity contribution in [2.75, 3.05) is 23.4 Å². The van der Waals surface area contributed by atoms with Crippen molar-refractivity contribution >= 4 is 45.2 Å². The van der Waals surface area contributed by atoms with Crippen molar-refractivity contribution < 1.29 is 9.59 Å². The van der Waals surface area contributed by atoms with Gasteiger partial charge in [-0.25, -0.2) is 0 Å². The van der Waals surface area contributed by atoms with Crippen LogP contribution in [0.3, 0.4) is 0 Å². The Kier molecular flexibility index (Phi) is 7.77. The molecule has 1 aromatic carbocycles. The average Bonchev–Trinajstić information content (AvgIpc) is 2.56. The van der Waals surface area contributed by atoms with Crippen molar-refractivity contribution in [3.05, 3.63) is 58.8 Å². The summed E-state index contributed by atoms with van der Waals surface area (Å²) in [5.74, 6) is 0.307. The summed E-state index contributed by atoms with van der Waals surface area (Å²) in [5.41, 5.74) is 1.81. The highest BCUT2D eigenvalue weighted by Gasteiger charge is 2.06. The second kappa shape index (κ2) is 10.1. The van der Waals surface area contributed by atoms with Crippen LogP contribution in [0.4, 0.5) is 5.69 Å². The molecule has 1 heterocycles. The fourth-order valence-electron chi connectivity index (χ4n) is 1.94. The molecule has 1 aromatic heterocycles. The number of carbonyl (C=O) groups is 2. The first-order chi connectivity index (χ1) is 11.6. The van der Waals surface area contributed by atoms with Gasteiger partial charge in [0.15, 0.2) is 0 Å². The highest BCUT2D eigenvalue weighted by atomic mass is 79.9. The molecule has 126 valence electrons. The lowest BCUT2D eigenvalue weighted by atomic mass is 10.2. The summed E-state index contributed by atoms with van der Waals surface area (Å²) in [6.45, 7) is 0.565. The van der Waals surface area contributed by atoms with Crippen LogP contribution in [-0.4, -0.2) is 34.8 Å². The van der Waals surface area contributed by atoms with Crippen LogP contribution >= 0.6 is 27.7 Å². The molecule has 0 aliphatic carbocycles. The fourth-order valence-corrected chi connectivity index (χ4v) is 2.99. The first-order valence-corrected chi connectivity index (χ1v) is 9.37. The monoisotopic (exact) mass is 407 g/mol. The average molecular weight is 408 g/mol. The Morgan fingerprint density at radius 2 is 1.96 bits per heavy atom. The number of pyridine rings is 1. The second-order valence-corrected chi connectivity index (χ2v) is 6.91. The van der Waals surface area contributed by atoms with E-state index in [1.165, 1.54) is 11.8 Å². The molecule has 0 unspecified atom stereocenters. The Balaban J connectivity index is 1.59. The fraction of sp³-hybridized carbons (Fsp3) is 0.235. The zero-order chi connectivity index (χ0) is 17.2. The molecule has 2 N–H and O–H groups in total. The molecule has 2 aromatic rings. The van der Waals surface area contributed by atoms with Gasteiger partial charge in [-0.05, 0) is 36.2 Å². The van der Waals surface area contributed by atoms with Gasteiger partial charge in [0.2, 0.25) is 11.8 Å². The summed E-state index contributed by atoms with van der Waals surface area (Å²) in [7, 11) is 0. The van der Waals surface area contributed by atoms with E-state index in [9.17, 15) is 9.59 Å². The van der Waals surface area contributed by atoms with E-state index in [4.69, 9.17) is 0 Å². The van der Waals surface area contributed by atoms with Gasteiger partial charge in [0.25, 0.3) is 0 Å². The Hall–Kier alpha value is -1.86. The molecule has 0 atom stereocenters. The molecule has 24 heavy (non-hydrogen) atoms. The van der Waals surface area contributed by atoms with E-state index in [0.29, 0.717) is 6.54 Å². The SMILES string of the molecule is O=C(CSCC(=O)Nc1cccc(Br)c1)NCCc1cccnc1. The highest BCUT2D eigenvalue weighted by molar-refractivity contribution is 9.10. The van der Waals surface area contributed by atoms with Gasteiger partial charge in [-0.15, -0.1) is 11.8 Å². The smallest absolute Gasteiger partial charge is 0.234 e. The van der Waals surface area contributed by atoms with Crippen LogP contribution in [0.2, 0.25) is 0 Å². The van der Waals surface area contributed by atoms with Gasteiger partial charge in [-0.1, -0.05) is 28.1 Å². The van der Waals surface area contributed by atoms with E-state index in [2.05, 4.69) is 31.5 Å². The third kappa shape index (κ3) is 7.14. The standard InChI is InChI=1S/C17H18BrN3O2S/c18-14-4-1-5-15(9-14)21-17(23)12-24-11-16(22)20-8-6-13-3-2-7-19-10-13/h1-5,7,9-10H,6,8,11-12H2,(H,20,22)(H,21,23). The Morgan fingerprint density at radius 3 is 2.71 bits per heavy atom. The van der Waals surface area contributed by atoms with E-state index in [1.54, 1.807) is 12.4 Å². The van der Waals surface area contributed by atoms with Crippen molar-refractivity contribution in [1.82, 2.24) is 10.3 Å². The van der Waals surface area contributed by atoms with Crippen molar-refractivity contribution in [2.45, 2.75) is 6.42 Å². The molecule has 5 nitrogen and oxygen atoms in total. The molecule has 2 amide bonds. The normalized spacial score (nSPS) is 10.2. The molecule has 0 saturated carbocycles. The number of benzene rings is 1. The molecule has 0 aliphatic heterocycles. The van der Waals surface area contributed by atoms with Crippen LogP contribution in [0, 0.1) is 0 Å².